The van der Waals surface area contributed by atoms with Crippen molar-refractivity contribution in [3.63, 3.8) is 0 Å². The zero-order valence-electron chi connectivity index (χ0n) is 18.1. The van der Waals surface area contributed by atoms with Gasteiger partial charge in [0, 0.05) is 12.4 Å². The van der Waals surface area contributed by atoms with Crippen LogP contribution in [-0.2, 0) is 14.3 Å². The Morgan fingerprint density at radius 3 is 1.48 bits per heavy atom. The van der Waals surface area contributed by atoms with Gasteiger partial charge < -0.3 is 14.6 Å². The van der Waals surface area contributed by atoms with Crippen LogP contribution < -0.4 is 34.7 Å². The zero-order valence-corrected chi connectivity index (χ0v) is 20.1. The van der Waals surface area contributed by atoms with E-state index in [0.29, 0.717) is 25.9 Å². The number of ether oxygens (including phenoxy) is 1. The first-order valence-electron chi connectivity index (χ1n) is 11.0. The molecular formula is C22H41NaO4. The molecular weight excluding hydrogens is 351 g/mol. The van der Waals surface area contributed by atoms with Gasteiger partial charge in [-0.3, -0.25) is 4.79 Å². The third-order valence-electron chi connectivity index (χ3n) is 4.77. The van der Waals surface area contributed by atoms with Crippen LogP contribution in [-0.4, -0.2) is 18.5 Å². The molecule has 0 radical (unpaired) electrons. The Morgan fingerprint density at radius 2 is 1.04 bits per heavy atom. The van der Waals surface area contributed by atoms with Gasteiger partial charge in [0.25, 0.3) is 0 Å². The minimum Gasteiger partial charge on any atom is -0.550 e. The molecule has 0 heterocycles. The summed E-state index contributed by atoms with van der Waals surface area (Å²) in [6.07, 6.45) is 19.8. The molecule has 0 saturated heterocycles. The average Bonchev–Trinajstić information content (AvgIpc) is 2.62. The molecule has 0 saturated carbocycles. The Balaban J connectivity index is 0. The van der Waals surface area contributed by atoms with E-state index in [4.69, 9.17) is 4.74 Å². The minimum atomic E-state index is -1.05. The second kappa shape index (κ2) is 24.0. The Labute approximate surface area is 189 Å². The van der Waals surface area contributed by atoms with E-state index >= 15 is 0 Å². The van der Waals surface area contributed by atoms with Gasteiger partial charge in [0.05, 0.1) is 6.61 Å². The predicted molar refractivity (Wildman–Crippen MR) is 105 cm³/mol. The summed E-state index contributed by atoms with van der Waals surface area (Å²) < 4.78 is 5.15. The van der Waals surface area contributed by atoms with Gasteiger partial charge >= 0.3 is 35.5 Å². The number of rotatable bonds is 20. The monoisotopic (exact) mass is 392 g/mol. The topological polar surface area (TPSA) is 66.4 Å². The molecule has 27 heavy (non-hydrogen) atoms. The first-order valence-corrected chi connectivity index (χ1v) is 11.0. The van der Waals surface area contributed by atoms with Gasteiger partial charge in [-0.25, -0.2) is 0 Å². The Kier molecular flexibility index (Phi) is 25.9. The van der Waals surface area contributed by atoms with Crippen LogP contribution in [0.1, 0.15) is 122 Å². The van der Waals surface area contributed by atoms with Crippen LogP contribution in [0.2, 0.25) is 0 Å². The van der Waals surface area contributed by atoms with E-state index < -0.39 is 5.97 Å². The zero-order chi connectivity index (χ0) is 19.3. The smallest absolute Gasteiger partial charge is 0.550 e. The number of hydrogen-bond acceptors (Lipinski definition) is 4. The van der Waals surface area contributed by atoms with Gasteiger partial charge in [0.15, 0.2) is 0 Å². The maximum Gasteiger partial charge on any atom is 1.00 e. The van der Waals surface area contributed by atoms with Crippen molar-refractivity contribution < 1.29 is 49.0 Å². The average molecular weight is 393 g/mol. The number of carboxylic acids is 1. The summed E-state index contributed by atoms with van der Waals surface area (Å²) in [6.45, 7) is 2.76. The van der Waals surface area contributed by atoms with Gasteiger partial charge in [0.1, 0.15) is 0 Å². The number of aliphatic carboxylic acids is 1. The van der Waals surface area contributed by atoms with Gasteiger partial charge in [-0.15, -0.1) is 0 Å². The molecule has 0 fully saturated rings. The SMILES string of the molecule is CCCCCCCCCCCCCCCCOC(=O)CCCCC(=O)[O-].[Na+]. The van der Waals surface area contributed by atoms with Crippen LogP contribution in [0.25, 0.3) is 0 Å². The van der Waals surface area contributed by atoms with Gasteiger partial charge in [-0.05, 0) is 25.7 Å². The first kappa shape index (κ1) is 29.1. The number of carbonyl (C=O) groups excluding carboxylic acids is 2. The van der Waals surface area contributed by atoms with Crippen molar-refractivity contribution >= 4 is 11.9 Å². The molecule has 0 atom stereocenters. The quantitative estimate of drug-likeness (QED) is 0.181. The molecule has 0 aliphatic heterocycles. The molecule has 154 valence electrons. The summed E-state index contributed by atoms with van der Waals surface area (Å²) in [4.78, 5) is 21.7. The standard InChI is InChI=1S/C22H42O4.Na/c1-2-3-4-5-6-7-8-9-10-11-12-13-14-17-20-26-22(25)19-16-15-18-21(23)24;/h2-20H2,1H3,(H,23,24);/q;+1/p-1. The number of esters is 1. The van der Waals surface area contributed by atoms with Crippen molar-refractivity contribution in [3.05, 3.63) is 0 Å². The number of carbonyl (C=O) groups is 2. The summed E-state index contributed by atoms with van der Waals surface area (Å²) in [7, 11) is 0. The Morgan fingerprint density at radius 1 is 0.630 bits per heavy atom. The molecule has 0 aliphatic carbocycles. The van der Waals surface area contributed by atoms with E-state index in [-0.39, 0.29) is 41.9 Å². The van der Waals surface area contributed by atoms with Crippen molar-refractivity contribution in [1.82, 2.24) is 0 Å². The van der Waals surface area contributed by atoms with Gasteiger partial charge in [0.2, 0.25) is 0 Å². The summed E-state index contributed by atoms with van der Waals surface area (Å²) in [6, 6.07) is 0. The van der Waals surface area contributed by atoms with Crippen molar-refractivity contribution in [2.45, 2.75) is 122 Å². The van der Waals surface area contributed by atoms with Crippen LogP contribution in [0, 0.1) is 0 Å². The predicted octanol–water partition coefficient (Wildman–Crippen LogP) is 2.33. The van der Waals surface area contributed by atoms with E-state index in [1.165, 1.54) is 77.0 Å². The van der Waals surface area contributed by atoms with Crippen LogP contribution in [0.5, 0.6) is 0 Å². The van der Waals surface area contributed by atoms with Crippen molar-refractivity contribution in [2.24, 2.45) is 0 Å². The van der Waals surface area contributed by atoms with Gasteiger partial charge in [-0.2, -0.15) is 0 Å². The second-order valence-corrected chi connectivity index (χ2v) is 7.40. The molecule has 0 rings (SSSR count). The molecule has 4 nitrogen and oxygen atoms in total. The van der Waals surface area contributed by atoms with Crippen LogP contribution in [0.4, 0.5) is 0 Å². The Hall–Kier alpha value is -0.0600. The number of hydrogen-bond donors (Lipinski definition) is 0. The van der Waals surface area contributed by atoms with Crippen molar-refractivity contribution in [2.75, 3.05) is 6.61 Å². The molecule has 0 unspecified atom stereocenters. The molecule has 0 aromatic rings. The second-order valence-electron chi connectivity index (χ2n) is 7.40. The number of carboxylic acid groups (broad SMARTS) is 1. The molecule has 0 aromatic heterocycles. The fourth-order valence-electron chi connectivity index (χ4n) is 3.09. The molecule has 5 heteroatoms. The summed E-state index contributed by atoms with van der Waals surface area (Å²) in [5.74, 6) is -1.26. The molecule has 0 N–H and O–H groups in total. The fraction of sp³-hybridized carbons (Fsp3) is 0.909. The van der Waals surface area contributed by atoms with Crippen LogP contribution in [0.3, 0.4) is 0 Å². The first-order chi connectivity index (χ1) is 12.7. The molecule has 0 spiro atoms. The number of unbranched alkanes of at least 4 members (excludes halogenated alkanes) is 14. The largest absolute Gasteiger partial charge is 1.00 e. The third-order valence-corrected chi connectivity index (χ3v) is 4.77. The minimum absolute atomic E-state index is 0. The van der Waals surface area contributed by atoms with E-state index in [2.05, 4.69) is 6.92 Å². The molecule has 0 aliphatic rings. The third kappa shape index (κ3) is 25.9. The normalized spacial score (nSPS) is 10.4. The maximum atomic E-state index is 11.4. The summed E-state index contributed by atoms with van der Waals surface area (Å²) in [5.41, 5.74) is 0. The maximum absolute atomic E-state index is 11.4. The van der Waals surface area contributed by atoms with Crippen molar-refractivity contribution in [1.29, 1.82) is 0 Å². The van der Waals surface area contributed by atoms with Crippen LogP contribution in [0.15, 0.2) is 0 Å². The van der Waals surface area contributed by atoms with E-state index in [9.17, 15) is 14.7 Å². The summed E-state index contributed by atoms with van der Waals surface area (Å²) >= 11 is 0. The summed E-state index contributed by atoms with van der Waals surface area (Å²) in [5, 5.41) is 10.2. The molecule has 0 bridgehead atoms. The van der Waals surface area contributed by atoms with E-state index in [1.807, 2.05) is 0 Å². The fourth-order valence-corrected chi connectivity index (χ4v) is 3.09. The van der Waals surface area contributed by atoms with E-state index in [0.717, 1.165) is 12.8 Å². The van der Waals surface area contributed by atoms with Crippen LogP contribution >= 0.6 is 0 Å². The Bertz CT molecular complexity index is 334. The molecule has 0 amide bonds. The molecule has 0 aromatic carbocycles. The van der Waals surface area contributed by atoms with Gasteiger partial charge in [-0.1, -0.05) is 90.4 Å². The van der Waals surface area contributed by atoms with Crippen molar-refractivity contribution in [3.8, 4) is 0 Å². The van der Waals surface area contributed by atoms with E-state index in [1.54, 1.807) is 0 Å².